The van der Waals surface area contributed by atoms with Crippen molar-refractivity contribution in [2.45, 2.75) is 25.9 Å². The monoisotopic (exact) mass is 144 g/mol. The lowest BCUT2D eigenvalue weighted by Gasteiger charge is -2.24. The van der Waals surface area contributed by atoms with Gasteiger partial charge in [-0.15, -0.1) is 0 Å². The highest BCUT2D eigenvalue weighted by Gasteiger charge is 2.24. The first-order chi connectivity index (χ1) is 4.72. The van der Waals surface area contributed by atoms with E-state index in [0.717, 1.165) is 6.42 Å². The molecule has 2 atom stereocenters. The highest BCUT2D eigenvalue weighted by atomic mass is 16.6. The van der Waals surface area contributed by atoms with Gasteiger partial charge in [-0.1, -0.05) is 6.92 Å². The number of hydrogen-bond acceptors (Lipinski definition) is 3. The summed E-state index contributed by atoms with van der Waals surface area (Å²) in [6, 6.07) is 0. The lowest BCUT2D eigenvalue weighted by Crippen LogP contribution is -2.30. The average molecular weight is 144 g/mol. The van der Waals surface area contributed by atoms with E-state index in [4.69, 9.17) is 9.84 Å². The topological polar surface area (TPSA) is 46.5 Å². The molecule has 0 aliphatic carbocycles. The number of rotatable bonds is 1. The molecular formula is C7H12O3. The van der Waals surface area contributed by atoms with Crippen molar-refractivity contribution in [1.82, 2.24) is 0 Å². The average Bonchev–Trinajstić information content (AvgIpc) is 1.85. The van der Waals surface area contributed by atoms with Crippen LogP contribution in [0.3, 0.4) is 0 Å². The molecule has 1 unspecified atom stereocenters. The zero-order chi connectivity index (χ0) is 7.56. The molecule has 0 aromatic carbocycles. The Bertz CT molecular complexity index is 133. The maximum Gasteiger partial charge on any atom is 0.306 e. The highest BCUT2D eigenvalue weighted by Crippen LogP contribution is 2.19. The van der Waals surface area contributed by atoms with Crippen molar-refractivity contribution in [3.8, 4) is 0 Å². The Kier molecular flexibility index (Phi) is 2.27. The van der Waals surface area contributed by atoms with Crippen LogP contribution in [0.5, 0.6) is 0 Å². The van der Waals surface area contributed by atoms with Crippen LogP contribution in [-0.2, 0) is 9.53 Å². The van der Waals surface area contributed by atoms with Crippen LogP contribution in [0.15, 0.2) is 0 Å². The third-order valence-corrected chi connectivity index (χ3v) is 1.68. The molecule has 0 aromatic rings. The maximum absolute atomic E-state index is 10.7. The molecule has 0 bridgehead atoms. The summed E-state index contributed by atoms with van der Waals surface area (Å²) >= 11 is 0. The number of cyclic esters (lactones) is 1. The van der Waals surface area contributed by atoms with E-state index in [-0.39, 0.29) is 18.7 Å². The minimum atomic E-state index is -0.253. The Labute approximate surface area is 60.0 Å². The molecule has 3 heteroatoms. The maximum atomic E-state index is 10.7. The van der Waals surface area contributed by atoms with E-state index in [1.165, 1.54) is 0 Å². The van der Waals surface area contributed by atoms with E-state index in [1.807, 2.05) is 6.92 Å². The number of carbonyl (C=O) groups excluding carboxylic acids is 1. The number of hydrogen-bond donors (Lipinski definition) is 1. The Morgan fingerprint density at radius 2 is 2.50 bits per heavy atom. The third-order valence-electron chi connectivity index (χ3n) is 1.68. The Morgan fingerprint density at radius 3 is 3.00 bits per heavy atom. The van der Waals surface area contributed by atoms with Gasteiger partial charge in [0.2, 0.25) is 0 Å². The van der Waals surface area contributed by atoms with E-state index >= 15 is 0 Å². The Balaban J connectivity index is 2.42. The van der Waals surface area contributed by atoms with Crippen molar-refractivity contribution in [2.24, 2.45) is 5.92 Å². The Morgan fingerprint density at radius 1 is 1.80 bits per heavy atom. The molecule has 3 nitrogen and oxygen atoms in total. The van der Waals surface area contributed by atoms with Crippen molar-refractivity contribution in [3.05, 3.63) is 0 Å². The first-order valence-corrected chi connectivity index (χ1v) is 3.52. The minimum absolute atomic E-state index is 0.0456. The summed E-state index contributed by atoms with van der Waals surface area (Å²) in [5.74, 6) is 0.177. The van der Waals surface area contributed by atoms with E-state index in [2.05, 4.69) is 0 Å². The molecule has 1 N–H and O–H groups in total. The SMILES string of the molecule is C[C@H]1CC(=O)OC(CO)C1. The first-order valence-electron chi connectivity index (χ1n) is 3.52. The van der Waals surface area contributed by atoms with Crippen LogP contribution < -0.4 is 0 Å². The summed E-state index contributed by atoms with van der Waals surface area (Å²) in [6.07, 6.45) is 1.04. The molecule has 1 rings (SSSR count). The largest absolute Gasteiger partial charge is 0.460 e. The third kappa shape index (κ3) is 1.70. The molecule has 1 aliphatic heterocycles. The van der Waals surface area contributed by atoms with E-state index in [1.54, 1.807) is 0 Å². The minimum Gasteiger partial charge on any atom is -0.460 e. The molecule has 10 heavy (non-hydrogen) atoms. The molecule has 0 radical (unpaired) electrons. The molecule has 58 valence electrons. The fourth-order valence-electron chi connectivity index (χ4n) is 1.21. The predicted octanol–water partition coefficient (Wildman–Crippen LogP) is 0.320. The fraction of sp³-hybridized carbons (Fsp3) is 0.857. The summed E-state index contributed by atoms with van der Waals surface area (Å²) in [6.45, 7) is 1.94. The zero-order valence-electron chi connectivity index (χ0n) is 6.04. The van der Waals surface area contributed by atoms with Crippen LogP contribution in [0.2, 0.25) is 0 Å². The molecule has 1 fully saturated rings. The summed E-state index contributed by atoms with van der Waals surface area (Å²) in [5, 5.41) is 8.65. The van der Waals surface area contributed by atoms with Crippen LogP contribution >= 0.6 is 0 Å². The second-order valence-corrected chi connectivity index (χ2v) is 2.84. The summed E-state index contributed by atoms with van der Waals surface area (Å²) < 4.78 is 4.82. The van der Waals surface area contributed by atoms with Gasteiger partial charge < -0.3 is 9.84 Å². The zero-order valence-corrected chi connectivity index (χ0v) is 6.04. The molecule has 1 aliphatic rings. The van der Waals surface area contributed by atoms with Gasteiger partial charge in [0.15, 0.2) is 0 Å². The summed E-state index contributed by atoms with van der Waals surface area (Å²) in [5.41, 5.74) is 0. The molecule has 0 amide bonds. The van der Waals surface area contributed by atoms with Crippen LogP contribution in [0, 0.1) is 5.92 Å². The van der Waals surface area contributed by atoms with Crippen LogP contribution in [-0.4, -0.2) is 23.8 Å². The van der Waals surface area contributed by atoms with Gasteiger partial charge in [0.05, 0.1) is 6.61 Å². The smallest absolute Gasteiger partial charge is 0.306 e. The standard InChI is InChI=1S/C7H12O3/c1-5-2-6(4-8)10-7(9)3-5/h5-6,8H,2-4H2,1H3/t5-,6?/m1/s1. The summed E-state index contributed by atoms with van der Waals surface area (Å²) in [4.78, 5) is 10.7. The number of carbonyl (C=O) groups is 1. The Hall–Kier alpha value is -0.570. The van der Waals surface area contributed by atoms with Crippen LogP contribution in [0.25, 0.3) is 0 Å². The molecule has 0 saturated carbocycles. The van der Waals surface area contributed by atoms with Gasteiger partial charge in [0.1, 0.15) is 6.10 Å². The predicted molar refractivity (Wildman–Crippen MR) is 35.4 cm³/mol. The second kappa shape index (κ2) is 3.01. The highest BCUT2D eigenvalue weighted by molar-refractivity contribution is 5.70. The van der Waals surface area contributed by atoms with Gasteiger partial charge in [-0.25, -0.2) is 0 Å². The van der Waals surface area contributed by atoms with Crippen molar-refractivity contribution in [2.75, 3.05) is 6.61 Å². The van der Waals surface area contributed by atoms with E-state index < -0.39 is 0 Å². The number of esters is 1. The fourth-order valence-corrected chi connectivity index (χ4v) is 1.21. The molecular weight excluding hydrogens is 132 g/mol. The van der Waals surface area contributed by atoms with Crippen molar-refractivity contribution in [1.29, 1.82) is 0 Å². The van der Waals surface area contributed by atoms with Gasteiger partial charge in [-0.3, -0.25) is 4.79 Å². The summed E-state index contributed by atoms with van der Waals surface area (Å²) in [7, 11) is 0. The van der Waals surface area contributed by atoms with Gasteiger partial charge in [0.25, 0.3) is 0 Å². The second-order valence-electron chi connectivity index (χ2n) is 2.84. The van der Waals surface area contributed by atoms with Crippen LogP contribution in [0.1, 0.15) is 19.8 Å². The van der Waals surface area contributed by atoms with Crippen LogP contribution in [0.4, 0.5) is 0 Å². The molecule has 1 heterocycles. The number of aliphatic hydroxyl groups excluding tert-OH is 1. The van der Waals surface area contributed by atoms with Gasteiger partial charge in [0, 0.05) is 6.42 Å². The normalized spacial score (nSPS) is 33.6. The number of ether oxygens (including phenoxy) is 1. The van der Waals surface area contributed by atoms with E-state index in [0.29, 0.717) is 12.3 Å². The van der Waals surface area contributed by atoms with Crippen molar-refractivity contribution < 1.29 is 14.6 Å². The van der Waals surface area contributed by atoms with Crippen molar-refractivity contribution in [3.63, 3.8) is 0 Å². The van der Waals surface area contributed by atoms with Crippen molar-refractivity contribution >= 4 is 5.97 Å². The lowest BCUT2D eigenvalue weighted by atomic mass is 9.98. The van der Waals surface area contributed by atoms with Gasteiger partial charge in [-0.2, -0.15) is 0 Å². The molecule has 1 saturated heterocycles. The molecule has 0 spiro atoms. The quantitative estimate of drug-likeness (QED) is 0.539. The molecule has 0 aromatic heterocycles. The number of aliphatic hydroxyl groups is 1. The first kappa shape index (κ1) is 7.54. The lowest BCUT2D eigenvalue weighted by molar-refractivity contribution is -0.158. The van der Waals surface area contributed by atoms with Gasteiger partial charge in [-0.05, 0) is 12.3 Å². The van der Waals surface area contributed by atoms with Gasteiger partial charge >= 0.3 is 5.97 Å². The van der Waals surface area contributed by atoms with E-state index in [9.17, 15) is 4.79 Å².